The summed E-state index contributed by atoms with van der Waals surface area (Å²) in [7, 11) is 1.67. The molecule has 0 aliphatic carbocycles. The Bertz CT molecular complexity index is 364. The van der Waals surface area contributed by atoms with E-state index in [0.717, 1.165) is 31.9 Å². The van der Waals surface area contributed by atoms with E-state index in [-0.39, 0.29) is 0 Å². The van der Waals surface area contributed by atoms with E-state index in [4.69, 9.17) is 14.2 Å². The lowest BCUT2D eigenvalue weighted by atomic mass is 10.2. The monoisotopic (exact) mass is 280 g/mol. The Kier molecular flexibility index (Phi) is 6.63. The van der Waals surface area contributed by atoms with Crippen LogP contribution in [0.2, 0.25) is 0 Å². The molecule has 1 N–H and O–H groups in total. The molecule has 0 unspecified atom stereocenters. The van der Waals surface area contributed by atoms with Crippen molar-refractivity contribution in [3.63, 3.8) is 0 Å². The van der Waals surface area contributed by atoms with Crippen LogP contribution in [0.3, 0.4) is 0 Å². The van der Waals surface area contributed by atoms with Gasteiger partial charge >= 0.3 is 0 Å². The van der Waals surface area contributed by atoms with Crippen molar-refractivity contribution in [1.82, 2.24) is 5.32 Å². The maximum atomic E-state index is 5.63. The first-order valence-electron chi connectivity index (χ1n) is 7.15. The fourth-order valence-electron chi connectivity index (χ4n) is 2.14. The van der Waals surface area contributed by atoms with Crippen LogP contribution < -0.4 is 15.0 Å². The number of piperazine rings is 1. The van der Waals surface area contributed by atoms with E-state index in [2.05, 4.69) is 22.3 Å². The number of hydrogen-bond acceptors (Lipinski definition) is 5. The van der Waals surface area contributed by atoms with Crippen LogP contribution in [0.5, 0.6) is 5.75 Å². The molecule has 0 amide bonds. The van der Waals surface area contributed by atoms with Crippen LogP contribution in [0, 0.1) is 0 Å². The first-order valence-corrected chi connectivity index (χ1v) is 7.15. The van der Waals surface area contributed by atoms with Crippen LogP contribution in [-0.2, 0) is 9.47 Å². The number of rotatable bonds is 8. The summed E-state index contributed by atoms with van der Waals surface area (Å²) in [6.45, 7) is 6.62. The third-order valence-electron chi connectivity index (χ3n) is 3.25. The van der Waals surface area contributed by atoms with Gasteiger partial charge in [0.15, 0.2) is 0 Å². The normalized spacial score (nSPS) is 15.3. The van der Waals surface area contributed by atoms with Crippen molar-refractivity contribution in [3.8, 4) is 5.75 Å². The zero-order valence-corrected chi connectivity index (χ0v) is 12.1. The number of nitrogens with one attached hydrogen (secondary N) is 1. The van der Waals surface area contributed by atoms with E-state index >= 15 is 0 Å². The molecule has 5 nitrogen and oxygen atoms in total. The molecule has 2 rings (SSSR count). The van der Waals surface area contributed by atoms with Crippen LogP contribution in [0.25, 0.3) is 0 Å². The molecule has 1 aliphatic heterocycles. The molecule has 1 fully saturated rings. The number of hydrogen-bond donors (Lipinski definition) is 1. The third-order valence-corrected chi connectivity index (χ3v) is 3.25. The maximum Gasteiger partial charge on any atom is 0.119 e. The Morgan fingerprint density at radius 2 is 1.70 bits per heavy atom. The lowest BCUT2D eigenvalue weighted by molar-refractivity contribution is 0.0544. The number of nitrogens with zero attached hydrogens (tertiary/aromatic N) is 1. The van der Waals surface area contributed by atoms with Gasteiger partial charge in [-0.15, -0.1) is 0 Å². The van der Waals surface area contributed by atoms with Gasteiger partial charge in [0.05, 0.1) is 19.8 Å². The molecular weight excluding hydrogens is 256 g/mol. The molecule has 0 saturated carbocycles. The SMILES string of the molecule is COCCOCCOc1ccc(N2CCNCC2)cc1. The van der Waals surface area contributed by atoms with Crippen LogP contribution in [0.1, 0.15) is 0 Å². The summed E-state index contributed by atoms with van der Waals surface area (Å²) >= 11 is 0. The number of methoxy groups -OCH3 is 1. The largest absolute Gasteiger partial charge is 0.491 e. The van der Waals surface area contributed by atoms with E-state index < -0.39 is 0 Å². The molecule has 0 bridgehead atoms. The first-order chi connectivity index (χ1) is 9.90. The standard InChI is InChI=1S/C15H24N2O3/c1-18-10-11-19-12-13-20-15-4-2-14(3-5-15)17-8-6-16-7-9-17/h2-5,16H,6-13H2,1H3. The molecule has 1 saturated heterocycles. The fourth-order valence-corrected chi connectivity index (χ4v) is 2.14. The quantitative estimate of drug-likeness (QED) is 0.723. The van der Waals surface area contributed by atoms with Crippen molar-refractivity contribution in [3.05, 3.63) is 24.3 Å². The van der Waals surface area contributed by atoms with Crippen molar-refractivity contribution >= 4 is 5.69 Å². The molecule has 20 heavy (non-hydrogen) atoms. The molecule has 112 valence electrons. The molecule has 0 atom stereocenters. The molecule has 1 aliphatic rings. The summed E-state index contributed by atoms with van der Waals surface area (Å²) in [5.74, 6) is 0.888. The van der Waals surface area contributed by atoms with Crippen molar-refractivity contribution in [2.45, 2.75) is 0 Å². The summed E-state index contributed by atoms with van der Waals surface area (Å²) in [6, 6.07) is 8.28. The highest BCUT2D eigenvalue weighted by atomic mass is 16.5. The van der Waals surface area contributed by atoms with Gasteiger partial charge in [0.1, 0.15) is 12.4 Å². The van der Waals surface area contributed by atoms with Gasteiger partial charge in [-0.1, -0.05) is 0 Å². The minimum atomic E-state index is 0.566. The van der Waals surface area contributed by atoms with Gasteiger partial charge in [0, 0.05) is 39.0 Å². The van der Waals surface area contributed by atoms with Crippen molar-refractivity contribution in [1.29, 1.82) is 0 Å². The average Bonchev–Trinajstić information content (AvgIpc) is 2.52. The highest BCUT2D eigenvalue weighted by Crippen LogP contribution is 2.19. The van der Waals surface area contributed by atoms with Crippen LogP contribution in [-0.4, -0.2) is 59.7 Å². The minimum absolute atomic E-state index is 0.566. The highest BCUT2D eigenvalue weighted by molar-refractivity contribution is 5.49. The van der Waals surface area contributed by atoms with Crippen LogP contribution >= 0.6 is 0 Å². The number of ether oxygens (including phenoxy) is 3. The van der Waals surface area contributed by atoms with Crippen LogP contribution in [0.4, 0.5) is 5.69 Å². The Balaban J connectivity index is 1.68. The van der Waals surface area contributed by atoms with Crippen LogP contribution in [0.15, 0.2) is 24.3 Å². The molecule has 1 heterocycles. The molecule has 0 spiro atoms. The average molecular weight is 280 g/mol. The molecular formula is C15H24N2O3. The number of benzene rings is 1. The van der Waals surface area contributed by atoms with E-state index in [1.54, 1.807) is 7.11 Å². The summed E-state index contributed by atoms with van der Waals surface area (Å²) in [5.41, 5.74) is 1.26. The summed E-state index contributed by atoms with van der Waals surface area (Å²) in [5, 5.41) is 3.36. The third kappa shape index (κ3) is 5.00. The summed E-state index contributed by atoms with van der Waals surface area (Å²) in [4.78, 5) is 2.38. The zero-order chi connectivity index (χ0) is 14.0. The molecule has 0 radical (unpaired) electrons. The molecule has 5 heteroatoms. The summed E-state index contributed by atoms with van der Waals surface area (Å²) in [6.07, 6.45) is 0. The van der Waals surface area contributed by atoms with Gasteiger partial charge < -0.3 is 24.4 Å². The second kappa shape index (κ2) is 8.79. The van der Waals surface area contributed by atoms with Crippen molar-refractivity contribution in [2.24, 2.45) is 0 Å². The van der Waals surface area contributed by atoms with Gasteiger partial charge in [0.2, 0.25) is 0 Å². The molecule has 1 aromatic carbocycles. The molecule has 1 aromatic rings. The molecule has 0 aromatic heterocycles. The van der Waals surface area contributed by atoms with Gasteiger partial charge in [-0.3, -0.25) is 0 Å². The fraction of sp³-hybridized carbons (Fsp3) is 0.600. The van der Waals surface area contributed by atoms with E-state index in [1.807, 2.05) is 12.1 Å². The first kappa shape index (κ1) is 15.1. The number of anilines is 1. The summed E-state index contributed by atoms with van der Waals surface area (Å²) < 4.78 is 15.9. The Hall–Kier alpha value is -1.30. The van der Waals surface area contributed by atoms with E-state index in [1.165, 1.54) is 5.69 Å². The van der Waals surface area contributed by atoms with Gasteiger partial charge in [-0.05, 0) is 24.3 Å². The highest BCUT2D eigenvalue weighted by Gasteiger charge is 2.09. The smallest absolute Gasteiger partial charge is 0.119 e. The van der Waals surface area contributed by atoms with Gasteiger partial charge in [0.25, 0.3) is 0 Å². The second-order valence-electron chi connectivity index (χ2n) is 4.68. The van der Waals surface area contributed by atoms with Gasteiger partial charge in [-0.25, -0.2) is 0 Å². The topological polar surface area (TPSA) is 43.0 Å². The lowest BCUT2D eigenvalue weighted by Gasteiger charge is -2.29. The van der Waals surface area contributed by atoms with Crippen molar-refractivity contribution < 1.29 is 14.2 Å². The van der Waals surface area contributed by atoms with E-state index in [0.29, 0.717) is 26.4 Å². The Morgan fingerprint density at radius 3 is 2.40 bits per heavy atom. The maximum absolute atomic E-state index is 5.63. The van der Waals surface area contributed by atoms with E-state index in [9.17, 15) is 0 Å². The Labute approximate surface area is 120 Å². The van der Waals surface area contributed by atoms with Crippen molar-refractivity contribution in [2.75, 3.05) is 64.6 Å². The Morgan fingerprint density at radius 1 is 1.00 bits per heavy atom. The predicted molar refractivity (Wildman–Crippen MR) is 79.7 cm³/mol. The lowest BCUT2D eigenvalue weighted by Crippen LogP contribution is -2.43. The zero-order valence-electron chi connectivity index (χ0n) is 12.1. The minimum Gasteiger partial charge on any atom is -0.491 e. The predicted octanol–water partition coefficient (Wildman–Crippen LogP) is 1.14. The van der Waals surface area contributed by atoms with Gasteiger partial charge in [-0.2, -0.15) is 0 Å². The second-order valence-corrected chi connectivity index (χ2v) is 4.68.